The van der Waals surface area contributed by atoms with E-state index >= 15 is 0 Å². The molecule has 26 heavy (non-hydrogen) atoms. The van der Waals surface area contributed by atoms with Crippen LogP contribution in [0.25, 0.3) is 11.1 Å². The summed E-state index contributed by atoms with van der Waals surface area (Å²) in [4.78, 5) is 17.2. The maximum Gasteiger partial charge on any atom is 0.253 e. The number of benzene rings is 2. The Kier molecular flexibility index (Phi) is 4.74. The Bertz CT molecular complexity index is 793. The van der Waals surface area contributed by atoms with Crippen LogP contribution >= 0.6 is 0 Å². The van der Waals surface area contributed by atoms with Crippen LogP contribution in [0.3, 0.4) is 0 Å². The smallest absolute Gasteiger partial charge is 0.253 e. The van der Waals surface area contributed by atoms with Crippen molar-refractivity contribution in [2.75, 3.05) is 39.9 Å². The zero-order valence-corrected chi connectivity index (χ0v) is 14.9. The van der Waals surface area contributed by atoms with Crippen molar-refractivity contribution in [1.29, 1.82) is 0 Å². The van der Waals surface area contributed by atoms with Crippen LogP contribution in [-0.4, -0.2) is 61.6 Å². The topological polar surface area (TPSA) is 32.8 Å². The molecule has 4 rings (SSSR count). The second kappa shape index (κ2) is 7.17. The fourth-order valence-corrected chi connectivity index (χ4v) is 3.89. The van der Waals surface area contributed by atoms with Crippen molar-refractivity contribution in [2.45, 2.75) is 6.04 Å². The van der Waals surface area contributed by atoms with Crippen molar-refractivity contribution in [3.63, 3.8) is 0 Å². The number of rotatable bonds is 2. The van der Waals surface area contributed by atoms with Gasteiger partial charge in [0.15, 0.2) is 0 Å². The summed E-state index contributed by atoms with van der Waals surface area (Å²) in [5.41, 5.74) is 1.98. The van der Waals surface area contributed by atoms with Crippen LogP contribution in [0.1, 0.15) is 10.4 Å². The lowest BCUT2D eigenvalue weighted by Gasteiger charge is -2.29. The molecule has 0 spiro atoms. The first-order chi connectivity index (χ1) is 12.6. The second-order valence-electron chi connectivity index (χ2n) is 7.26. The molecule has 2 atom stereocenters. The van der Waals surface area contributed by atoms with Crippen LogP contribution in [0.15, 0.2) is 48.5 Å². The van der Waals surface area contributed by atoms with E-state index in [0.717, 1.165) is 18.7 Å². The minimum atomic E-state index is -0.255. The van der Waals surface area contributed by atoms with E-state index in [1.54, 1.807) is 24.3 Å². The number of hydrogen-bond donors (Lipinski definition) is 0. The first kappa shape index (κ1) is 17.2. The fraction of sp³-hybridized carbons (Fsp3) is 0.381. The molecule has 2 heterocycles. The Balaban J connectivity index is 1.54. The number of ether oxygens (including phenoxy) is 1. The zero-order chi connectivity index (χ0) is 18.1. The molecule has 136 valence electrons. The van der Waals surface area contributed by atoms with Gasteiger partial charge in [-0.05, 0) is 30.8 Å². The van der Waals surface area contributed by atoms with Crippen LogP contribution < -0.4 is 0 Å². The van der Waals surface area contributed by atoms with Crippen LogP contribution in [0, 0.1) is 11.7 Å². The number of likely N-dealkylation sites (N-methyl/N-ethyl adjacent to an activating group) is 1. The summed E-state index contributed by atoms with van der Waals surface area (Å²) in [5, 5.41) is 0. The number of hydrogen-bond acceptors (Lipinski definition) is 3. The Labute approximate surface area is 153 Å². The van der Waals surface area contributed by atoms with Gasteiger partial charge >= 0.3 is 0 Å². The molecule has 0 saturated carbocycles. The highest BCUT2D eigenvalue weighted by Gasteiger charge is 2.33. The minimum absolute atomic E-state index is 0.0392. The van der Waals surface area contributed by atoms with Crippen LogP contribution in [0.5, 0.6) is 0 Å². The third kappa shape index (κ3) is 3.37. The average Bonchev–Trinajstić information content (AvgIpc) is 2.90. The molecular weight excluding hydrogens is 331 g/mol. The van der Waals surface area contributed by atoms with Crippen LogP contribution in [0.4, 0.5) is 4.39 Å². The van der Waals surface area contributed by atoms with Gasteiger partial charge in [-0.2, -0.15) is 0 Å². The Morgan fingerprint density at radius 3 is 2.58 bits per heavy atom. The van der Waals surface area contributed by atoms with E-state index in [1.807, 2.05) is 23.1 Å². The Hall–Kier alpha value is -2.24. The molecule has 2 aromatic rings. The number of halogens is 1. The monoisotopic (exact) mass is 354 g/mol. The van der Waals surface area contributed by atoms with Crippen LogP contribution in [-0.2, 0) is 4.74 Å². The molecule has 2 saturated heterocycles. The molecule has 0 aliphatic carbocycles. The maximum atomic E-state index is 13.9. The lowest BCUT2D eigenvalue weighted by atomic mass is 10.0. The molecule has 2 aromatic carbocycles. The SMILES string of the molecule is CN1C[C@H]2COC[C@@H]1CN(C(=O)c1ccc(-c3ccccc3F)cc1)C2. The maximum absolute atomic E-state index is 13.9. The molecule has 0 aromatic heterocycles. The molecular formula is C21H23FN2O2. The lowest BCUT2D eigenvalue weighted by molar-refractivity contribution is 0.0434. The molecule has 5 heteroatoms. The van der Waals surface area contributed by atoms with Gasteiger partial charge in [0.05, 0.1) is 19.3 Å². The van der Waals surface area contributed by atoms with E-state index in [4.69, 9.17) is 4.74 Å². The molecule has 2 fully saturated rings. The van der Waals surface area contributed by atoms with Gasteiger partial charge in [-0.3, -0.25) is 9.69 Å². The predicted octanol–water partition coefficient (Wildman–Crippen LogP) is 2.90. The highest BCUT2D eigenvalue weighted by atomic mass is 19.1. The molecule has 0 N–H and O–H groups in total. The summed E-state index contributed by atoms with van der Waals surface area (Å²) in [5.74, 6) is 0.126. The molecule has 2 aliphatic rings. The minimum Gasteiger partial charge on any atom is -0.379 e. The number of carbonyl (C=O) groups is 1. The van der Waals surface area contributed by atoms with E-state index in [-0.39, 0.29) is 17.8 Å². The second-order valence-corrected chi connectivity index (χ2v) is 7.26. The summed E-state index contributed by atoms with van der Waals surface area (Å²) in [6.45, 7) is 3.73. The summed E-state index contributed by atoms with van der Waals surface area (Å²) in [6, 6.07) is 14.2. The van der Waals surface area contributed by atoms with Crippen molar-refractivity contribution in [3.05, 3.63) is 59.9 Å². The standard InChI is InChI=1S/C21H23FN2O2/c1-23-10-15-11-24(12-18(23)14-26-13-15)21(25)17-8-6-16(7-9-17)19-4-2-3-5-20(19)22/h2-9,15,18H,10-14H2,1H3/t15-,18+/m1/s1. The first-order valence-corrected chi connectivity index (χ1v) is 9.04. The van der Waals surface area contributed by atoms with Gasteiger partial charge in [0.2, 0.25) is 0 Å². The molecule has 1 amide bonds. The third-order valence-corrected chi connectivity index (χ3v) is 5.35. The first-order valence-electron chi connectivity index (χ1n) is 9.04. The predicted molar refractivity (Wildman–Crippen MR) is 98.5 cm³/mol. The zero-order valence-electron chi connectivity index (χ0n) is 14.9. The highest BCUT2D eigenvalue weighted by molar-refractivity contribution is 5.94. The summed E-state index contributed by atoms with van der Waals surface area (Å²) >= 11 is 0. The van der Waals surface area contributed by atoms with E-state index in [1.165, 1.54) is 6.07 Å². The van der Waals surface area contributed by atoms with Gasteiger partial charge in [0, 0.05) is 36.7 Å². The summed E-state index contributed by atoms with van der Waals surface area (Å²) < 4.78 is 19.7. The lowest BCUT2D eigenvalue weighted by Crippen LogP contribution is -2.44. The number of carbonyl (C=O) groups excluding carboxylic acids is 1. The quantitative estimate of drug-likeness (QED) is 0.831. The summed E-state index contributed by atoms with van der Waals surface area (Å²) in [7, 11) is 2.10. The van der Waals surface area contributed by atoms with Crippen LogP contribution in [0.2, 0.25) is 0 Å². The largest absolute Gasteiger partial charge is 0.379 e. The van der Waals surface area contributed by atoms with Gasteiger partial charge < -0.3 is 9.64 Å². The van der Waals surface area contributed by atoms with Crippen molar-refractivity contribution >= 4 is 5.91 Å². The number of fused-ring (bicyclic) bond motifs is 3. The van der Waals surface area contributed by atoms with Gasteiger partial charge in [-0.1, -0.05) is 30.3 Å². The van der Waals surface area contributed by atoms with Crippen molar-refractivity contribution < 1.29 is 13.9 Å². The van der Waals surface area contributed by atoms with E-state index in [0.29, 0.717) is 36.8 Å². The normalized spacial score (nSPS) is 23.5. The van der Waals surface area contributed by atoms with Gasteiger partial charge in [0.25, 0.3) is 5.91 Å². The van der Waals surface area contributed by atoms with E-state index < -0.39 is 0 Å². The summed E-state index contributed by atoms with van der Waals surface area (Å²) in [6.07, 6.45) is 0. The Morgan fingerprint density at radius 2 is 1.81 bits per heavy atom. The fourth-order valence-electron chi connectivity index (χ4n) is 3.89. The van der Waals surface area contributed by atoms with E-state index in [2.05, 4.69) is 11.9 Å². The van der Waals surface area contributed by atoms with Crippen molar-refractivity contribution in [3.8, 4) is 11.1 Å². The van der Waals surface area contributed by atoms with Gasteiger partial charge in [-0.25, -0.2) is 4.39 Å². The van der Waals surface area contributed by atoms with E-state index in [9.17, 15) is 9.18 Å². The number of nitrogens with zero attached hydrogens (tertiary/aromatic N) is 2. The molecule has 0 unspecified atom stereocenters. The number of amides is 1. The van der Waals surface area contributed by atoms with Gasteiger partial charge in [-0.15, -0.1) is 0 Å². The van der Waals surface area contributed by atoms with Gasteiger partial charge in [0.1, 0.15) is 5.82 Å². The Morgan fingerprint density at radius 1 is 1.04 bits per heavy atom. The molecule has 4 nitrogen and oxygen atoms in total. The molecule has 2 bridgehead atoms. The average molecular weight is 354 g/mol. The highest BCUT2D eigenvalue weighted by Crippen LogP contribution is 2.24. The van der Waals surface area contributed by atoms with Crippen molar-refractivity contribution in [1.82, 2.24) is 9.80 Å². The molecule has 2 aliphatic heterocycles. The third-order valence-electron chi connectivity index (χ3n) is 5.35. The van der Waals surface area contributed by atoms with Crippen molar-refractivity contribution in [2.24, 2.45) is 5.92 Å². The molecule has 0 radical (unpaired) electrons.